The van der Waals surface area contributed by atoms with Crippen LogP contribution in [0.4, 0.5) is 5.13 Å². The van der Waals surface area contributed by atoms with Crippen LogP contribution in [0.1, 0.15) is 49.4 Å². The zero-order valence-corrected chi connectivity index (χ0v) is 23.5. The van der Waals surface area contributed by atoms with Crippen LogP contribution >= 0.6 is 11.3 Å². The summed E-state index contributed by atoms with van der Waals surface area (Å²) in [5.41, 5.74) is 2.27. The van der Waals surface area contributed by atoms with Gasteiger partial charge in [0.05, 0.1) is 27.9 Å². The average Bonchev–Trinajstić information content (AvgIpc) is 3.52. The Balaban J connectivity index is 1.66. The van der Waals surface area contributed by atoms with Crippen LogP contribution < -0.4 is 4.90 Å². The second-order valence-electron chi connectivity index (χ2n) is 10.0. The van der Waals surface area contributed by atoms with Crippen molar-refractivity contribution in [3.63, 3.8) is 0 Å². The summed E-state index contributed by atoms with van der Waals surface area (Å²) in [5, 5.41) is 0.558. The highest BCUT2D eigenvalue weighted by Crippen LogP contribution is 2.32. The molecule has 0 aliphatic rings. The predicted molar refractivity (Wildman–Crippen MR) is 148 cm³/mol. The van der Waals surface area contributed by atoms with Gasteiger partial charge in [-0.1, -0.05) is 51.2 Å². The number of amides is 1. The van der Waals surface area contributed by atoms with E-state index in [0.29, 0.717) is 29.5 Å². The lowest BCUT2D eigenvalue weighted by atomic mass is 10.2. The highest BCUT2D eigenvalue weighted by Gasteiger charge is 2.27. The standard InChI is InChI=1S/C28H33N3O4S2/c1-19(2)16-30(17-20(3)4)37(33,34)24-13-11-22(12-14-24)27(32)31(18-23-9-7-15-35-23)28-29-26-21(5)8-6-10-25(26)36-28/h6-15,19-20H,16-18H2,1-5H3. The Bertz CT molecular complexity index is 1450. The maximum Gasteiger partial charge on any atom is 0.260 e. The predicted octanol–water partition coefficient (Wildman–Crippen LogP) is 6.35. The van der Waals surface area contributed by atoms with Crippen LogP contribution in [0.15, 0.2) is 70.2 Å². The first-order valence-corrected chi connectivity index (χ1v) is 14.6. The number of carbonyl (C=O) groups excluding carboxylic acids is 1. The summed E-state index contributed by atoms with van der Waals surface area (Å²) >= 11 is 1.44. The van der Waals surface area contributed by atoms with Gasteiger partial charge in [0.25, 0.3) is 5.91 Å². The molecule has 0 bridgehead atoms. The van der Waals surface area contributed by atoms with Gasteiger partial charge in [0, 0.05) is 18.7 Å². The quantitative estimate of drug-likeness (QED) is 0.235. The zero-order chi connectivity index (χ0) is 26.7. The van der Waals surface area contributed by atoms with Crippen LogP contribution in [0.2, 0.25) is 0 Å². The normalized spacial score (nSPS) is 12.2. The molecule has 0 N–H and O–H groups in total. The molecule has 0 spiro atoms. The molecule has 2 aromatic heterocycles. The number of rotatable bonds is 10. The molecule has 0 unspecified atom stereocenters. The second kappa shape index (κ2) is 11.2. The van der Waals surface area contributed by atoms with Crippen LogP contribution in [0.25, 0.3) is 10.2 Å². The topological polar surface area (TPSA) is 83.7 Å². The number of fused-ring (bicyclic) bond motifs is 1. The van der Waals surface area contributed by atoms with Gasteiger partial charge in [-0.3, -0.25) is 9.69 Å². The van der Waals surface area contributed by atoms with Crippen molar-refractivity contribution in [2.45, 2.75) is 46.1 Å². The molecule has 0 aliphatic carbocycles. The van der Waals surface area contributed by atoms with Crippen LogP contribution in [0, 0.1) is 18.8 Å². The Morgan fingerprint density at radius 3 is 2.22 bits per heavy atom. The molecule has 4 aromatic rings. The molecule has 196 valence electrons. The van der Waals surface area contributed by atoms with Crippen LogP contribution in [-0.4, -0.2) is 36.7 Å². The fourth-order valence-electron chi connectivity index (χ4n) is 4.13. The van der Waals surface area contributed by atoms with Crippen molar-refractivity contribution in [3.8, 4) is 0 Å². The fourth-order valence-corrected chi connectivity index (χ4v) is 6.94. The summed E-state index contributed by atoms with van der Waals surface area (Å²) in [6.45, 7) is 11.1. The summed E-state index contributed by atoms with van der Waals surface area (Å²) < 4.78 is 34.8. The number of furan rings is 1. The second-order valence-corrected chi connectivity index (χ2v) is 13.0. The van der Waals surface area contributed by atoms with Crippen molar-refractivity contribution in [2.24, 2.45) is 11.8 Å². The number of aromatic nitrogens is 1. The minimum absolute atomic E-state index is 0.179. The van der Waals surface area contributed by atoms with E-state index in [4.69, 9.17) is 9.40 Å². The highest BCUT2D eigenvalue weighted by molar-refractivity contribution is 7.89. The molecule has 0 saturated carbocycles. The van der Waals surface area contributed by atoms with Gasteiger partial charge in [-0.2, -0.15) is 4.31 Å². The Morgan fingerprint density at radius 2 is 1.65 bits per heavy atom. The molecule has 4 rings (SSSR count). The van der Waals surface area contributed by atoms with Crippen molar-refractivity contribution >= 4 is 42.6 Å². The Labute approximate surface area is 222 Å². The van der Waals surface area contributed by atoms with Crippen molar-refractivity contribution in [1.82, 2.24) is 9.29 Å². The number of nitrogens with zero attached hydrogens (tertiary/aromatic N) is 3. The van der Waals surface area contributed by atoms with E-state index in [1.54, 1.807) is 29.4 Å². The Hall–Kier alpha value is -3.01. The average molecular weight is 540 g/mol. The minimum atomic E-state index is -3.69. The number of para-hydroxylation sites is 1. The number of carbonyl (C=O) groups is 1. The molecule has 0 saturated heterocycles. The smallest absolute Gasteiger partial charge is 0.260 e. The number of aryl methyl sites for hydroxylation is 1. The minimum Gasteiger partial charge on any atom is -0.467 e. The number of hydrogen-bond donors (Lipinski definition) is 0. The first-order valence-electron chi connectivity index (χ1n) is 12.4. The largest absolute Gasteiger partial charge is 0.467 e. The number of benzene rings is 2. The number of anilines is 1. The molecule has 2 aromatic carbocycles. The molecule has 0 fully saturated rings. The van der Waals surface area contributed by atoms with Crippen molar-refractivity contribution in [1.29, 1.82) is 0 Å². The van der Waals surface area contributed by atoms with E-state index in [-0.39, 0.29) is 29.2 Å². The Kier molecular flexibility index (Phi) is 8.16. The van der Waals surface area contributed by atoms with Gasteiger partial charge in [0.1, 0.15) is 5.76 Å². The summed E-state index contributed by atoms with van der Waals surface area (Å²) in [4.78, 5) is 20.2. The lowest BCUT2D eigenvalue weighted by Crippen LogP contribution is -2.37. The Morgan fingerprint density at radius 1 is 0.973 bits per heavy atom. The molecule has 0 radical (unpaired) electrons. The van der Waals surface area contributed by atoms with E-state index in [0.717, 1.165) is 15.8 Å². The molecular weight excluding hydrogens is 506 g/mol. The number of sulfonamides is 1. The van der Waals surface area contributed by atoms with Gasteiger partial charge in [0.2, 0.25) is 10.0 Å². The van der Waals surface area contributed by atoms with Crippen molar-refractivity contribution in [2.75, 3.05) is 18.0 Å². The van der Waals surface area contributed by atoms with Gasteiger partial charge in [-0.15, -0.1) is 0 Å². The van der Waals surface area contributed by atoms with E-state index in [9.17, 15) is 13.2 Å². The molecular formula is C28H33N3O4S2. The third-order valence-electron chi connectivity index (χ3n) is 5.86. The van der Waals surface area contributed by atoms with Crippen molar-refractivity contribution in [3.05, 3.63) is 77.7 Å². The highest BCUT2D eigenvalue weighted by atomic mass is 32.2. The van der Waals surface area contributed by atoms with Crippen LogP contribution in [0.3, 0.4) is 0 Å². The van der Waals surface area contributed by atoms with Crippen LogP contribution in [0.5, 0.6) is 0 Å². The van der Waals surface area contributed by atoms with Gasteiger partial charge in [-0.25, -0.2) is 13.4 Å². The molecule has 9 heteroatoms. The first-order chi connectivity index (χ1) is 17.6. The third-order valence-corrected chi connectivity index (χ3v) is 8.75. The summed E-state index contributed by atoms with van der Waals surface area (Å²) in [6.07, 6.45) is 1.57. The van der Waals surface area contributed by atoms with E-state index in [1.807, 2.05) is 58.9 Å². The SMILES string of the molecule is Cc1cccc2sc(N(Cc3ccco3)C(=O)c3ccc(S(=O)(=O)N(CC(C)C)CC(C)C)cc3)nc12. The summed E-state index contributed by atoms with van der Waals surface area (Å²) in [7, 11) is -3.69. The zero-order valence-electron chi connectivity index (χ0n) is 21.8. The van der Waals surface area contributed by atoms with E-state index < -0.39 is 10.0 Å². The van der Waals surface area contributed by atoms with E-state index in [1.165, 1.54) is 27.8 Å². The lowest BCUT2D eigenvalue weighted by Gasteiger charge is -2.25. The van der Waals surface area contributed by atoms with E-state index >= 15 is 0 Å². The summed E-state index contributed by atoms with van der Waals surface area (Å²) in [6, 6.07) is 15.7. The molecule has 2 heterocycles. The van der Waals surface area contributed by atoms with Gasteiger partial charge < -0.3 is 4.42 Å². The number of thiazole rings is 1. The maximum atomic E-state index is 13.7. The monoisotopic (exact) mass is 539 g/mol. The molecule has 0 aliphatic heterocycles. The molecule has 0 atom stereocenters. The molecule has 37 heavy (non-hydrogen) atoms. The van der Waals surface area contributed by atoms with Crippen molar-refractivity contribution < 1.29 is 17.6 Å². The van der Waals surface area contributed by atoms with Gasteiger partial charge in [-0.05, 0) is 66.8 Å². The van der Waals surface area contributed by atoms with Gasteiger partial charge in [0.15, 0.2) is 5.13 Å². The van der Waals surface area contributed by atoms with Crippen LogP contribution in [-0.2, 0) is 16.6 Å². The van der Waals surface area contributed by atoms with Gasteiger partial charge >= 0.3 is 0 Å². The summed E-state index contributed by atoms with van der Waals surface area (Å²) in [5.74, 6) is 0.740. The maximum absolute atomic E-state index is 13.7. The molecule has 1 amide bonds. The first kappa shape index (κ1) is 27.0. The number of hydrogen-bond acceptors (Lipinski definition) is 6. The third kappa shape index (κ3) is 6.11. The van der Waals surface area contributed by atoms with E-state index in [2.05, 4.69) is 0 Å². The lowest BCUT2D eigenvalue weighted by molar-refractivity contribution is 0.0983. The molecule has 7 nitrogen and oxygen atoms in total. The fraction of sp³-hybridized carbons (Fsp3) is 0.357.